The van der Waals surface area contributed by atoms with E-state index in [0.29, 0.717) is 36.5 Å². The van der Waals surface area contributed by atoms with Crippen LogP contribution < -0.4 is 14.7 Å². The van der Waals surface area contributed by atoms with Crippen LogP contribution in [0.15, 0.2) is 91.0 Å². The molecule has 1 saturated carbocycles. The third kappa shape index (κ3) is 4.83. The number of alkyl halides is 2. The van der Waals surface area contributed by atoms with Crippen LogP contribution in [0.25, 0.3) is 0 Å². The van der Waals surface area contributed by atoms with Gasteiger partial charge in [0.25, 0.3) is 11.8 Å². The van der Waals surface area contributed by atoms with Gasteiger partial charge in [0, 0.05) is 30.3 Å². The van der Waals surface area contributed by atoms with Crippen molar-refractivity contribution in [2.24, 2.45) is 17.8 Å². The number of ether oxygens (including phenoxy) is 1. The minimum atomic E-state index is -2.15. The number of fused-ring (bicyclic) bond motifs is 4. The van der Waals surface area contributed by atoms with E-state index in [2.05, 4.69) is 11.5 Å². The number of imide groups is 2. The van der Waals surface area contributed by atoms with Crippen LogP contribution in [0.2, 0.25) is 0 Å². The van der Waals surface area contributed by atoms with Gasteiger partial charge in [0.1, 0.15) is 11.6 Å². The fourth-order valence-corrected chi connectivity index (χ4v) is 9.72. The predicted octanol–water partition coefficient (Wildman–Crippen LogP) is 5.86. The number of hydrogen-bond acceptors (Lipinski definition) is 7. The molecule has 3 saturated heterocycles. The average molecular weight is 731 g/mol. The second-order valence-corrected chi connectivity index (χ2v) is 15.0. The van der Waals surface area contributed by atoms with Crippen molar-refractivity contribution < 1.29 is 33.4 Å². The van der Waals surface area contributed by atoms with Gasteiger partial charge in [-0.3, -0.25) is 24.1 Å². The quantitative estimate of drug-likeness (QED) is 0.192. The normalized spacial score (nSPS) is 30.3. The molecule has 2 aliphatic carbocycles. The van der Waals surface area contributed by atoms with Gasteiger partial charge < -0.3 is 14.7 Å². The van der Waals surface area contributed by atoms with Crippen LogP contribution in [0.4, 0.5) is 21.5 Å². The lowest BCUT2D eigenvalue weighted by Crippen LogP contribution is -2.60. The fraction of sp³-hybridized carbons (Fsp3) is 0.333. The van der Waals surface area contributed by atoms with Crippen LogP contribution in [0, 0.1) is 23.6 Å². The van der Waals surface area contributed by atoms with E-state index in [9.17, 15) is 28.7 Å². The summed E-state index contributed by atoms with van der Waals surface area (Å²) in [5, 5.41) is 11.7. The molecular weight excluding hydrogens is 696 g/mol. The van der Waals surface area contributed by atoms with E-state index in [0.717, 1.165) is 35.8 Å². The van der Waals surface area contributed by atoms with Crippen LogP contribution in [0.5, 0.6) is 5.75 Å². The number of carbonyl (C=O) groups excluding carboxylic acids is 4. The first-order valence-corrected chi connectivity index (χ1v) is 17.7. The number of morpholine rings is 1. The molecule has 262 valence electrons. The summed E-state index contributed by atoms with van der Waals surface area (Å²) < 4.78 is 19.4. The minimum absolute atomic E-state index is 0.0814. The lowest BCUT2D eigenvalue weighted by atomic mass is 9.56. The number of aromatic hydroxyl groups is 1. The van der Waals surface area contributed by atoms with E-state index >= 15 is 0 Å². The maximum absolute atomic E-state index is 14.6. The van der Waals surface area contributed by atoms with Crippen molar-refractivity contribution in [3.8, 4) is 5.75 Å². The summed E-state index contributed by atoms with van der Waals surface area (Å²) in [4.78, 5) is 57.6. The van der Waals surface area contributed by atoms with Crippen LogP contribution in [0.1, 0.15) is 29.9 Å². The Hall–Kier alpha value is -4.51. The van der Waals surface area contributed by atoms with Crippen molar-refractivity contribution in [3.63, 3.8) is 0 Å². The number of benzene rings is 3. The lowest BCUT2D eigenvalue weighted by molar-refractivity contribution is -0.125. The second-order valence-electron chi connectivity index (χ2n) is 13.7. The minimum Gasteiger partial charge on any atom is -0.507 e. The summed E-state index contributed by atoms with van der Waals surface area (Å²) in [5.74, 6) is -6.73. The van der Waals surface area contributed by atoms with Crippen LogP contribution in [-0.2, 0) is 30.3 Å². The Morgan fingerprint density at radius 1 is 0.863 bits per heavy atom. The van der Waals surface area contributed by atoms with Gasteiger partial charge in [-0.25, -0.2) is 9.29 Å². The standard InChI is InChI=1S/C39H34Cl2FN3O6/c1-2-4-22-5-3-6-29(33(22)46)32-27-15-16-28-31(35(48)44(34(28)47)25-13-11-24(12-14-25)43-17-19-51-20-18-43)30(27)21-38(40)36(49)45(37(50)39(32,38)41)26-9-7-23(42)8-10-26/h2-3,5-15,28,30-32,46H,1,4,16-21H2. The molecule has 0 spiro atoms. The molecule has 3 aromatic carbocycles. The Morgan fingerprint density at radius 3 is 2.20 bits per heavy atom. The van der Waals surface area contributed by atoms with E-state index in [1.165, 1.54) is 17.0 Å². The smallest absolute Gasteiger partial charge is 0.258 e. The largest absolute Gasteiger partial charge is 0.507 e. The molecule has 3 aliphatic heterocycles. The number of nitrogens with zero attached hydrogens (tertiary/aromatic N) is 3. The number of carbonyl (C=O) groups is 4. The van der Waals surface area contributed by atoms with Crippen molar-refractivity contribution in [3.05, 3.63) is 108 Å². The highest BCUT2D eigenvalue weighted by atomic mass is 35.5. The van der Waals surface area contributed by atoms with Crippen LogP contribution >= 0.6 is 23.2 Å². The molecule has 0 aromatic heterocycles. The first-order valence-electron chi connectivity index (χ1n) is 17.0. The molecule has 1 N–H and O–H groups in total. The second kappa shape index (κ2) is 12.3. The number of amides is 4. The van der Waals surface area contributed by atoms with Gasteiger partial charge in [-0.2, -0.15) is 0 Å². The predicted molar refractivity (Wildman–Crippen MR) is 191 cm³/mol. The highest BCUT2D eigenvalue weighted by Crippen LogP contribution is 2.66. The summed E-state index contributed by atoms with van der Waals surface area (Å²) in [7, 11) is 0. The number of phenols is 1. The first kappa shape index (κ1) is 33.6. The highest BCUT2D eigenvalue weighted by Gasteiger charge is 2.77. The average Bonchev–Trinajstić information content (AvgIpc) is 3.48. The SMILES string of the molecule is C=CCc1cccc(C2C3=CCC4C(=O)N(c5ccc(N6CCOCC6)cc5)C(=O)C4C3CC3(Cl)C(=O)N(c4ccc(F)cc4)C(=O)C23Cl)c1O. The van der Waals surface area contributed by atoms with Gasteiger partial charge in [0.05, 0.1) is 36.4 Å². The van der Waals surface area contributed by atoms with Gasteiger partial charge in [0.2, 0.25) is 11.8 Å². The highest BCUT2D eigenvalue weighted by molar-refractivity contribution is 6.58. The van der Waals surface area contributed by atoms with E-state index in [1.807, 2.05) is 18.2 Å². The summed E-state index contributed by atoms with van der Waals surface area (Å²) >= 11 is 14.9. The Labute approximate surface area is 303 Å². The van der Waals surface area contributed by atoms with E-state index < -0.39 is 57.0 Å². The number of rotatable bonds is 6. The van der Waals surface area contributed by atoms with Gasteiger partial charge in [-0.05, 0) is 79.3 Å². The van der Waals surface area contributed by atoms with Gasteiger partial charge in [0.15, 0.2) is 9.75 Å². The summed E-state index contributed by atoms with van der Waals surface area (Å²) in [5.41, 5.74) is 2.80. The van der Waals surface area contributed by atoms with Gasteiger partial charge >= 0.3 is 0 Å². The molecule has 6 unspecified atom stereocenters. The molecule has 0 bridgehead atoms. The first-order chi connectivity index (χ1) is 24.5. The molecule has 6 atom stereocenters. The number of hydrogen-bond donors (Lipinski definition) is 1. The van der Waals surface area contributed by atoms with Crippen LogP contribution in [-0.4, -0.2) is 64.8 Å². The molecular formula is C39H34Cl2FN3O6. The van der Waals surface area contributed by atoms with E-state index in [1.54, 1.807) is 36.4 Å². The van der Waals surface area contributed by atoms with Crippen molar-refractivity contribution >= 4 is 63.9 Å². The van der Waals surface area contributed by atoms with Gasteiger partial charge in [-0.15, -0.1) is 29.8 Å². The number of phenolic OH excluding ortho intramolecular Hbond substituents is 1. The third-order valence-electron chi connectivity index (χ3n) is 11.2. The maximum atomic E-state index is 14.6. The lowest BCUT2D eigenvalue weighted by Gasteiger charge is -2.50. The topological polar surface area (TPSA) is 107 Å². The zero-order valence-electron chi connectivity index (χ0n) is 27.4. The van der Waals surface area contributed by atoms with Crippen molar-refractivity contribution in [2.75, 3.05) is 41.0 Å². The van der Waals surface area contributed by atoms with Crippen LogP contribution in [0.3, 0.4) is 0 Å². The molecule has 5 aliphatic rings. The van der Waals surface area contributed by atoms with Crippen molar-refractivity contribution in [1.29, 1.82) is 0 Å². The maximum Gasteiger partial charge on any atom is 0.258 e. The third-order valence-corrected chi connectivity index (χ3v) is 12.6. The number of halogens is 3. The van der Waals surface area contributed by atoms with Crippen molar-refractivity contribution in [2.45, 2.75) is 34.9 Å². The number of anilines is 3. The number of allylic oxidation sites excluding steroid dienone is 3. The monoisotopic (exact) mass is 729 g/mol. The number of para-hydroxylation sites is 1. The molecule has 51 heavy (non-hydrogen) atoms. The zero-order valence-corrected chi connectivity index (χ0v) is 28.9. The Bertz CT molecular complexity index is 2020. The molecule has 3 heterocycles. The molecule has 0 radical (unpaired) electrons. The summed E-state index contributed by atoms with van der Waals surface area (Å²) in [6.45, 7) is 6.48. The zero-order chi connectivity index (χ0) is 35.8. The molecule has 9 nitrogen and oxygen atoms in total. The Morgan fingerprint density at radius 2 is 1.51 bits per heavy atom. The summed E-state index contributed by atoms with van der Waals surface area (Å²) in [6, 6.07) is 17.2. The molecule has 4 fully saturated rings. The van der Waals surface area contributed by atoms with Crippen molar-refractivity contribution in [1.82, 2.24) is 0 Å². The molecule has 8 rings (SSSR count). The van der Waals surface area contributed by atoms with E-state index in [4.69, 9.17) is 27.9 Å². The van der Waals surface area contributed by atoms with Gasteiger partial charge in [-0.1, -0.05) is 35.9 Å². The summed E-state index contributed by atoms with van der Waals surface area (Å²) in [6.07, 6.45) is 3.71. The Kier molecular flexibility index (Phi) is 8.12. The fourth-order valence-electron chi connectivity index (χ4n) is 8.80. The molecule has 3 aromatic rings. The van der Waals surface area contributed by atoms with E-state index in [-0.39, 0.29) is 35.7 Å². The molecule has 4 amide bonds. The molecule has 12 heteroatoms. The Balaban J connectivity index is 1.23.